The first-order valence-corrected chi connectivity index (χ1v) is 4.76. The van der Waals surface area contributed by atoms with E-state index in [4.69, 9.17) is 16.9 Å². The van der Waals surface area contributed by atoms with Crippen molar-refractivity contribution in [2.75, 3.05) is 0 Å². The van der Waals surface area contributed by atoms with E-state index in [-0.39, 0.29) is 0 Å². The van der Waals surface area contributed by atoms with Crippen molar-refractivity contribution in [1.82, 2.24) is 0 Å². The molecule has 0 aliphatic carbocycles. The fraction of sp³-hybridized carbons (Fsp3) is 0.364. The van der Waals surface area contributed by atoms with Crippen LogP contribution >= 0.6 is 11.6 Å². The fourth-order valence-electron chi connectivity index (χ4n) is 1.27. The van der Waals surface area contributed by atoms with Crippen LogP contribution in [0.25, 0.3) is 0 Å². The zero-order chi connectivity index (χ0) is 9.84. The van der Waals surface area contributed by atoms with Gasteiger partial charge in [-0.05, 0) is 30.0 Å². The van der Waals surface area contributed by atoms with Crippen molar-refractivity contribution in [2.24, 2.45) is 0 Å². The van der Waals surface area contributed by atoms with Crippen molar-refractivity contribution in [3.8, 4) is 6.07 Å². The molecule has 1 aromatic carbocycles. The third-order valence-corrected chi connectivity index (χ3v) is 2.51. The topological polar surface area (TPSA) is 23.8 Å². The molecular weight excluding hydrogens is 182 g/mol. The van der Waals surface area contributed by atoms with Gasteiger partial charge in [0.05, 0.1) is 11.6 Å². The molecule has 1 nitrogen and oxygen atoms in total. The van der Waals surface area contributed by atoms with Crippen LogP contribution in [0.1, 0.15) is 37.3 Å². The summed E-state index contributed by atoms with van der Waals surface area (Å²) in [5.41, 5.74) is 1.79. The molecular formula is C11H12ClN. The van der Waals surface area contributed by atoms with Crippen LogP contribution in [0.4, 0.5) is 0 Å². The Balaban J connectivity index is 3.15. The van der Waals surface area contributed by atoms with Crippen molar-refractivity contribution in [2.45, 2.75) is 26.2 Å². The van der Waals surface area contributed by atoms with Crippen molar-refractivity contribution in [3.63, 3.8) is 0 Å². The molecule has 0 heterocycles. The van der Waals surface area contributed by atoms with Gasteiger partial charge in [-0.2, -0.15) is 5.26 Å². The summed E-state index contributed by atoms with van der Waals surface area (Å²) in [5.74, 6) is 0.423. The normalized spacial score (nSPS) is 12.2. The quantitative estimate of drug-likeness (QED) is 0.702. The number of nitriles is 1. The molecule has 0 aliphatic rings. The maximum absolute atomic E-state index is 8.88. The Morgan fingerprint density at radius 1 is 1.54 bits per heavy atom. The minimum Gasteiger partial charge on any atom is -0.192 e. The van der Waals surface area contributed by atoms with Gasteiger partial charge in [0.15, 0.2) is 0 Å². The zero-order valence-electron chi connectivity index (χ0n) is 7.84. The highest BCUT2D eigenvalue weighted by Gasteiger charge is 2.08. The number of rotatable bonds is 2. The highest BCUT2D eigenvalue weighted by molar-refractivity contribution is 6.30. The Hall–Kier alpha value is -1.00. The van der Waals surface area contributed by atoms with Gasteiger partial charge in [-0.1, -0.05) is 31.5 Å². The summed E-state index contributed by atoms with van der Waals surface area (Å²) in [5, 5.41) is 9.51. The van der Waals surface area contributed by atoms with Crippen molar-refractivity contribution >= 4 is 11.6 Å². The minimum atomic E-state index is 0.423. The fourth-order valence-corrected chi connectivity index (χ4v) is 1.45. The number of benzene rings is 1. The second kappa shape index (κ2) is 4.30. The molecule has 0 radical (unpaired) electrons. The summed E-state index contributed by atoms with van der Waals surface area (Å²) in [6.07, 6.45) is 1.04. The highest BCUT2D eigenvalue weighted by atomic mass is 35.5. The molecule has 0 bridgehead atoms. The van der Waals surface area contributed by atoms with Crippen LogP contribution in [0.3, 0.4) is 0 Å². The standard InChI is InChI=1S/C11H12ClN/c1-3-8(2)11-5-4-10(12)6-9(11)7-13/h4-6,8H,3H2,1-2H3. The highest BCUT2D eigenvalue weighted by Crippen LogP contribution is 2.24. The van der Waals surface area contributed by atoms with Crippen LogP contribution in [0.5, 0.6) is 0 Å². The monoisotopic (exact) mass is 193 g/mol. The molecule has 0 saturated heterocycles. The van der Waals surface area contributed by atoms with Gasteiger partial charge in [0.25, 0.3) is 0 Å². The van der Waals surface area contributed by atoms with Gasteiger partial charge in [-0.3, -0.25) is 0 Å². The Morgan fingerprint density at radius 2 is 2.23 bits per heavy atom. The second-order valence-electron chi connectivity index (χ2n) is 3.15. The van der Waals surface area contributed by atoms with E-state index in [1.54, 1.807) is 6.07 Å². The lowest BCUT2D eigenvalue weighted by Crippen LogP contribution is -1.95. The number of halogens is 1. The van der Waals surface area contributed by atoms with Crippen molar-refractivity contribution in [1.29, 1.82) is 5.26 Å². The van der Waals surface area contributed by atoms with E-state index in [2.05, 4.69) is 19.9 Å². The largest absolute Gasteiger partial charge is 0.192 e. The van der Waals surface area contributed by atoms with E-state index >= 15 is 0 Å². The maximum atomic E-state index is 8.88. The van der Waals surface area contributed by atoms with Crippen LogP contribution in [-0.4, -0.2) is 0 Å². The zero-order valence-corrected chi connectivity index (χ0v) is 8.60. The van der Waals surface area contributed by atoms with E-state index < -0.39 is 0 Å². The first-order chi connectivity index (χ1) is 6.19. The average molecular weight is 194 g/mol. The lowest BCUT2D eigenvalue weighted by molar-refractivity contribution is 0.731. The van der Waals surface area contributed by atoms with Crippen LogP contribution < -0.4 is 0 Å². The first kappa shape index (κ1) is 10.1. The van der Waals surface area contributed by atoms with Crippen molar-refractivity contribution in [3.05, 3.63) is 34.3 Å². The maximum Gasteiger partial charge on any atom is 0.0995 e. The molecule has 0 aliphatic heterocycles. The molecule has 0 N–H and O–H groups in total. The molecule has 1 rings (SSSR count). The Morgan fingerprint density at radius 3 is 2.77 bits per heavy atom. The Bertz CT molecular complexity index is 338. The van der Waals surface area contributed by atoms with Gasteiger partial charge < -0.3 is 0 Å². The molecule has 1 atom stereocenters. The minimum absolute atomic E-state index is 0.423. The summed E-state index contributed by atoms with van der Waals surface area (Å²) < 4.78 is 0. The van der Waals surface area contributed by atoms with Gasteiger partial charge in [0.2, 0.25) is 0 Å². The van der Waals surface area contributed by atoms with Crippen LogP contribution in [0.15, 0.2) is 18.2 Å². The van der Waals surface area contributed by atoms with E-state index in [1.165, 1.54) is 0 Å². The van der Waals surface area contributed by atoms with E-state index in [0.29, 0.717) is 16.5 Å². The third-order valence-electron chi connectivity index (χ3n) is 2.28. The third kappa shape index (κ3) is 2.23. The predicted molar refractivity (Wildman–Crippen MR) is 54.9 cm³/mol. The van der Waals surface area contributed by atoms with Gasteiger partial charge >= 0.3 is 0 Å². The van der Waals surface area contributed by atoms with E-state index in [9.17, 15) is 0 Å². The molecule has 0 fully saturated rings. The first-order valence-electron chi connectivity index (χ1n) is 4.38. The van der Waals surface area contributed by atoms with Gasteiger partial charge in [-0.15, -0.1) is 0 Å². The second-order valence-corrected chi connectivity index (χ2v) is 3.59. The summed E-state index contributed by atoms with van der Waals surface area (Å²) in [6.45, 7) is 4.23. The van der Waals surface area contributed by atoms with Gasteiger partial charge in [0.1, 0.15) is 0 Å². The lowest BCUT2D eigenvalue weighted by Gasteiger charge is -2.10. The summed E-state index contributed by atoms with van der Waals surface area (Å²) >= 11 is 5.79. The molecule has 68 valence electrons. The number of nitrogens with zero attached hydrogens (tertiary/aromatic N) is 1. The predicted octanol–water partition coefficient (Wildman–Crippen LogP) is 3.73. The number of hydrogen-bond acceptors (Lipinski definition) is 1. The molecule has 13 heavy (non-hydrogen) atoms. The molecule has 1 unspecified atom stereocenters. The smallest absolute Gasteiger partial charge is 0.0995 e. The van der Waals surface area contributed by atoms with E-state index in [1.807, 2.05) is 12.1 Å². The van der Waals surface area contributed by atoms with Gasteiger partial charge in [-0.25, -0.2) is 0 Å². The molecule has 0 saturated carbocycles. The van der Waals surface area contributed by atoms with E-state index in [0.717, 1.165) is 12.0 Å². The van der Waals surface area contributed by atoms with Crippen molar-refractivity contribution < 1.29 is 0 Å². The summed E-state index contributed by atoms with van der Waals surface area (Å²) in [7, 11) is 0. The molecule has 0 amide bonds. The average Bonchev–Trinajstić information content (AvgIpc) is 2.16. The van der Waals surface area contributed by atoms with Crippen LogP contribution in [0, 0.1) is 11.3 Å². The molecule has 1 aromatic rings. The van der Waals surface area contributed by atoms with Gasteiger partial charge in [0, 0.05) is 5.02 Å². The molecule has 0 aromatic heterocycles. The lowest BCUT2D eigenvalue weighted by atomic mass is 9.94. The Labute approximate surface area is 84.0 Å². The summed E-state index contributed by atoms with van der Waals surface area (Å²) in [4.78, 5) is 0. The SMILES string of the molecule is CCC(C)c1ccc(Cl)cc1C#N. The molecule has 2 heteroatoms. The Kier molecular flexibility index (Phi) is 3.33. The van der Waals surface area contributed by atoms with Crippen LogP contribution in [0.2, 0.25) is 5.02 Å². The van der Waals surface area contributed by atoms with Crippen LogP contribution in [-0.2, 0) is 0 Å². The summed E-state index contributed by atoms with van der Waals surface area (Å²) in [6, 6.07) is 7.67. The molecule has 0 spiro atoms. The number of hydrogen-bond donors (Lipinski definition) is 0.